The first-order valence-electron chi connectivity index (χ1n) is 11.1. The van der Waals surface area contributed by atoms with E-state index in [2.05, 4.69) is 31.0 Å². The molecule has 0 radical (unpaired) electrons. The summed E-state index contributed by atoms with van der Waals surface area (Å²) in [5.74, 6) is 1.70. The molecule has 8 heteroatoms. The van der Waals surface area contributed by atoms with Gasteiger partial charge in [0.25, 0.3) is 0 Å². The fraction of sp³-hybridized carbons (Fsp3) is 0.360. The van der Waals surface area contributed by atoms with Crippen LogP contribution >= 0.6 is 23.4 Å². The molecule has 1 aliphatic heterocycles. The fourth-order valence-electron chi connectivity index (χ4n) is 3.70. The van der Waals surface area contributed by atoms with Crippen LogP contribution < -0.4 is 9.64 Å². The summed E-state index contributed by atoms with van der Waals surface area (Å²) >= 11 is 7.84. The lowest BCUT2D eigenvalue weighted by Gasteiger charge is -2.30. The number of aromatic nitrogens is 3. The molecule has 1 atom stereocenters. The molecule has 0 saturated heterocycles. The van der Waals surface area contributed by atoms with Crippen LogP contribution in [0.1, 0.15) is 51.5 Å². The van der Waals surface area contributed by atoms with Gasteiger partial charge in [0.2, 0.25) is 23.2 Å². The second-order valence-corrected chi connectivity index (χ2v) is 9.90. The molecular formula is C25H27ClN4O2S. The summed E-state index contributed by atoms with van der Waals surface area (Å²) in [7, 11) is 0. The lowest BCUT2D eigenvalue weighted by Crippen LogP contribution is -2.36. The van der Waals surface area contributed by atoms with Crippen molar-refractivity contribution in [3.8, 4) is 17.1 Å². The minimum atomic E-state index is -0.737. The molecule has 1 amide bonds. The van der Waals surface area contributed by atoms with Crippen molar-refractivity contribution in [2.45, 2.75) is 51.9 Å². The number of anilines is 1. The number of amides is 1. The van der Waals surface area contributed by atoms with E-state index >= 15 is 0 Å². The first kappa shape index (κ1) is 23.5. The van der Waals surface area contributed by atoms with Gasteiger partial charge < -0.3 is 4.74 Å². The van der Waals surface area contributed by atoms with Crippen LogP contribution in [0.25, 0.3) is 11.3 Å². The molecule has 3 aromatic rings. The predicted molar refractivity (Wildman–Crippen MR) is 133 cm³/mol. The molecule has 2 aromatic carbocycles. The van der Waals surface area contributed by atoms with Gasteiger partial charge in [0.05, 0.1) is 5.69 Å². The van der Waals surface area contributed by atoms with Crippen LogP contribution in [-0.2, 0) is 11.2 Å². The predicted octanol–water partition coefficient (Wildman–Crippen LogP) is 6.34. The van der Waals surface area contributed by atoms with Crippen LogP contribution in [0, 0.1) is 5.92 Å². The number of rotatable bonds is 6. The Labute approximate surface area is 203 Å². The summed E-state index contributed by atoms with van der Waals surface area (Å²) in [6, 6.07) is 13.3. The average molecular weight is 483 g/mol. The third-order valence-electron chi connectivity index (χ3n) is 5.48. The van der Waals surface area contributed by atoms with Crippen LogP contribution in [0.3, 0.4) is 0 Å². The van der Waals surface area contributed by atoms with E-state index in [1.165, 1.54) is 6.92 Å². The van der Waals surface area contributed by atoms with Crippen molar-refractivity contribution in [2.75, 3.05) is 10.7 Å². The largest absolute Gasteiger partial charge is 0.447 e. The number of thioether (sulfide) groups is 1. The van der Waals surface area contributed by atoms with Crippen molar-refractivity contribution in [1.29, 1.82) is 0 Å². The monoisotopic (exact) mass is 482 g/mol. The molecule has 0 N–H and O–H groups in total. The smallest absolute Gasteiger partial charge is 0.247 e. The molecule has 0 saturated carbocycles. The van der Waals surface area contributed by atoms with Gasteiger partial charge in [-0.2, -0.15) is 4.98 Å². The molecule has 33 heavy (non-hydrogen) atoms. The first-order chi connectivity index (χ1) is 15.9. The Kier molecular flexibility index (Phi) is 7.20. The number of carbonyl (C=O) groups is 1. The van der Waals surface area contributed by atoms with Crippen molar-refractivity contribution < 1.29 is 9.53 Å². The molecule has 1 aliphatic rings. The maximum absolute atomic E-state index is 12.9. The number of nitrogens with zero attached hydrogens (tertiary/aromatic N) is 4. The number of benzene rings is 2. The van der Waals surface area contributed by atoms with E-state index in [-0.39, 0.29) is 5.91 Å². The quantitative estimate of drug-likeness (QED) is 0.382. The van der Waals surface area contributed by atoms with E-state index in [1.54, 1.807) is 28.8 Å². The minimum absolute atomic E-state index is 0.155. The Morgan fingerprint density at radius 3 is 2.73 bits per heavy atom. The molecule has 4 rings (SSSR count). The normalized spacial score (nSPS) is 15.0. The zero-order chi connectivity index (χ0) is 23.5. The lowest BCUT2D eigenvalue weighted by molar-refractivity contribution is -0.118. The number of aryl methyl sites for hydroxylation is 1. The Hall–Kier alpha value is -2.64. The standard InChI is InChI=1S/C25H27ClN4O2S/c1-5-17-9-10-21-20(13-17)22-23(27-25(29-28-22)33-12-11-15(2)3)32-24(30(21)16(4)31)18-7-6-8-19(26)14-18/h6-10,13-15,24H,5,11-12H2,1-4H3/t24-/m0/s1. The third-order valence-corrected chi connectivity index (χ3v) is 6.58. The Morgan fingerprint density at radius 2 is 2.03 bits per heavy atom. The third kappa shape index (κ3) is 5.14. The minimum Gasteiger partial charge on any atom is -0.447 e. The molecule has 0 aliphatic carbocycles. The van der Waals surface area contributed by atoms with Crippen molar-refractivity contribution in [3.63, 3.8) is 0 Å². The van der Waals surface area contributed by atoms with Crippen molar-refractivity contribution in [1.82, 2.24) is 15.2 Å². The van der Waals surface area contributed by atoms with E-state index in [0.717, 1.165) is 35.3 Å². The Balaban J connectivity index is 1.86. The summed E-state index contributed by atoms with van der Waals surface area (Å²) in [6.45, 7) is 7.99. The van der Waals surface area contributed by atoms with Gasteiger partial charge in [-0.3, -0.25) is 9.69 Å². The van der Waals surface area contributed by atoms with Gasteiger partial charge in [-0.05, 0) is 48.6 Å². The number of hydrogen-bond acceptors (Lipinski definition) is 6. The average Bonchev–Trinajstić information content (AvgIpc) is 2.92. The Bertz CT molecular complexity index is 1170. The molecule has 1 aromatic heterocycles. The summed E-state index contributed by atoms with van der Waals surface area (Å²) in [5, 5.41) is 10.00. The Morgan fingerprint density at radius 1 is 1.21 bits per heavy atom. The zero-order valence-electron chi connectivity index (χ0n) is 19.2. The molecule has 0 fully saturated rings. The van der Waals surface area contributed by atoms with Crippen molar-refractivity contribution >= 4 is 35.0 Å². The highest BCUT2D eigenvalue weighted by atomic mass is 35.5. The van der Waals surface area contributed by atoms with Crippen LogP contribution in [-0.4, -0.2) is 26.8 Å². The van der Waals surface area contributed by atoms with E-state index in [9.17, 15) is 4.79 Å². The van der Waals surface area contributed by atoms with Gasteiger partial charge in [0, 0.05) is 28.8 Å². The molecular weight excluding hydrogens is 456 g/mol. The van der Waals surface area contributed by atoms with E-state index < -0.39 is 6.23 Å². The number of fused-ring (bicyclic) bond motifs is 3. The van der Waals surface area contributed by atoms with Crippen LogP contribution in [0.5, 0.6) is 5.88 Å². The topological polar surface area (TPSA) is 68.2 Å². The SMILES string of the molecule is CCc1ccc2c(c1)-c1nnc(SCCC(C)C)nc1O[C@@H](c1cccc(Cl)c1)N2C(C)=O. The van der Waals surface area contributed by atoms with Gasteiger partial charge in [-0.15, -0.1) is 10.2 Å². The van der Waals surface area contributed by atoms with E-state index in [0.29, 0.717) is 33.4 Å². The van der Waals surface area contributed by atoms with Crippen LogP contribution in [0.2, 0.25) is 5.02 Å². The van der Waals surface area contributed by atoms with Crippen molar-refractivity contribution in [2.24, 2.45) is 5.92 Å². The highest BCUT2D eigenvalue weighted by molar-refractivity contribution is 7.99. The van der Waals surface area contributed by atoms with Gasteiger partial charge >= 0.3 is 0 Å². The number of halogens is 1. The molecule has 172 valence electrons. The van der Waals surface area contributed by atoms with Gasteiger partial charge in [-0.25, -0.2) is 0 Å². The molecule has 2 heterocycles. The molecule has 0 unspecified atom stereocenters. The highest BCUT2D eigenvalue weighted by Gasteiger charge is 2.34. The molecule has 6 nitrogen and oxygen atoms in total. The zero-order valence-corrected chi connectivity index (χ0v) is 20.8. The highest BCUT2D eigenvalue weighted by Crippen LogP contribution is 2.44. The number of carbonyl (C=O) groups excluding carboxylic acids is 1. The summed E-state index contributed by atoms with van der Waals surface area (Å²) in [6.07, 6.45) is 1.17. The molecule has 0 spiro atoms. The van der Waals surface area contributed by atoms with Gasteiger partial charge in [0.1, 0.15) is 0 Å². The molecule has 0 bridgehead atoms. The van der Waals surface area contributed by atoms with Crippen LogP contribution in [0.15, 0.2) is 47.6 Å². The number of ether oxygens (including phenoxy) is 1. The summed E-state index contributed by atoms with van der Waals surface area (Å²) in [5.41, 5.74) is 3.90. The van der Waals surface area contributed by atoms with Gasteiger partial charge in [-0.1, -0.05) is 62.3 Å². The van der Waals surface area contributed by atoms with E-state index in [1.807, 2.05) is 30.3 Å². The second kappa shape index (κ2) is 10.1. The fourth-order valence-corrected chi connectivity index (χ4v) is 4.91. The summed E-state index contributed by atoms with van der Waals surface area (Å²) in [4.78, 5) is 19.3. The lowest BCUT2D eigenvalue weighted by atomic mass is 10.0. The van der Waals surface area contributed by atoms with Crippen LogP contribution in [0.4, 0.5) is 5.69 Å². The van der Waals surface area contributed by atoms with Gasteiger partial charge in [0.15, 0.2) is 5.69 Å². The summed E-state index contributed by atoms with van der Waals surface area (Å²) < 4.78 is 6.42. The maximum Gasteiger partial charge on any atom is 0.247 e. The second-order valence-electron chi connectivity index (χ2n) is 8.40. The van der Waals surface area contributed by atoms with Crippen molar-refractivity contribution in [3.05, 3.63) is 58.6 Å². The maximum atomic E-state index is 12.9. The first-order valence-corrected chi connectivity index (χ1v) is 12.5. The van der Waals surface area contributed by atoms with E-state index in [4.69, 9.17) is 21.3 Å². The number of hydrogen-bond donors (Lipinski definition) is 0.